The first-order valence-electron chi connectivity index (χ1n) is 9.34. The zero-order valence-electron chi connectivity index (χ0n) is 15.5. The number of nitrogens with zero attached hydrogens (tertiary/aromatic N) is 2. The highest BCUT2D eigenvalue weighted by atomic mass is 35.5. The lowest BCUT2D eigenvalue weighted by Gasteiger charge is -2.33. The highest BCUT2D eigenvalue weighted by molar-refractivity contribution is 7.22. The number of hydrogen-bond acceptors (Lipinski definition) is 5. The van der Waals surface area contributed by atoms with E-state index in [1.165, 1.54) is 11.3 Å². The second kappa shape index (κ2) is 7.20. The number of hydrogen-bond donors (Lipinski definition) is 1. The zero-order chi connectivity index (χ0) is 20.1. The second-order valence-electron chi connectivity index (χ2n) is 6.91. The minimum Gasteiger partial charge on any atom is -0.464 e. The molecule has 0 spiro atoms. The summed E-state index contributed by atoms with van der Waals surface area (Å²) in [5.41, 5.74) is 3.79. The molecule has 0 bridgehead atoms. The topological polar surface area (TPSA) is 58.2 Å². The van der Waals surface area contributed by atoms with E-state index in [0.29, 0.717) is 23.2 Å². The Morgan fingerprint density at radius 2 is 2.07 bits per heavy atom. The van der Waals surface area contributed by atoms with Crippen LogP contribution in [0.3, 0.4) is 0 Å². The summed E-state index contributed by atoms with van der Waals surface area (Å²) in [6.07, 6.45) is 0.780. The number of anilines is 1. The average Bonchev–Trinajstić information content (AvgIpc) is 3.27. The lowest BCUT2D eigenvalue weighted by atomic mass is 9.97. The van der Waals surface area contributed by atoms with Gasteiger partial charge in [0.15, 0.2) is 11.2 Å². The Hall–Kier alpha value is -2.28. The Balaban J connectivity index is 1.65. The van der Waals surface area contributed by atoms with Gasteiger partial charge in [0, 0.05) is 27.5 Å². The molecule has 5 nitrogen and oxygen atoms in total. The van der Waals surface area contributed by atoms with E-state index in [1.54, 1.807) is 0 Å². The first-order valence-corrected chi connectivity index (χ1v) is 10.9. The first-order chi connectivity index (χ1) is 14.0. The van der Waals surface area contributed by atoms with Crippen LogP contribution >= 0.6 is 34.5 Å². The second-order valence-corrected chi connectivity index (χ2v) is 8.80. The summed E-state index contributed by atoms with van der Waals surface area (Å²) in [4.78, 5) is 23.2. The van der Waals surface area contributed by atoms with Crippen LogP contribution in [0.4, 0.5) is 5.13 Å². The smallest absolute Gasteiger partial charge is 0.335 e. The lowest BCUT2D eigenvalue weighted by Crippen LogP contribution is -2.40. The van der Waals surface area contributed by atoms with Gasteiger partial charge in [-0.3, -0.25) is 0 Å². The maximum absolute atomic E-state index is 13.0. The van der Waals surface area contributed by atoms with Crippen molar-refractivity contribution < 1.29 is 9.53 Å². The third-order valence-corrected chi connectivity index (χ3v) is 6.71. The minimum absolute atomic E-state index is 0.289. The molecular formula is C21H17Cl2N3O2S. The van der Waals surface area contributed by atoms with Crippen LogP contribution in [0.25, 0.3) is 21.1 Å². The van der Waals surface area contributed by atoms with Gasteiger partial charge in [-0.2, -0.15) is 0 Å². The number of nitrogens with one attached hydrogen (secondary N) is 1. The van der Waals surface area contributed by atoms with Crippen molar-refractivity contribution in [2.24, 2.45) is 0 Å². The fourth-order valence-corrected chi connectivity index (χ4v) is 5.41. The number of halogens is 2. The molecule has 0 radical (unpaired) electrons. The molecule has 0 saturated heterocycles. The van der Waals surface area contributed by atoms with Crippen LogP contribution in [0.5, 0.6) is 0 Å². The Morgan fingerprint density at radius 1 is 1.28 bits per heavy atom. The molecular weight excluding hydrogens is 429 g/mol. The van der Waals surface area contributed by atoms with Crippen LogP contribution < -0.4 is 4.90 Å². The summed E-state index contributed by atoms with van der Waals surface area (Å²) >= 11 is 13.9. The van der Waals surface area contributed by atoms with Crippen molar-refractivity contribution in [3.8, 4) is 0 Å². The third kappa shape index (κ3) is 3.16. The maximum atomic E-state index is 13.0. The molecule has 5 rings (SSSR count). The van der Waals surface area contributed by atoms with Crippen molar-refractivity contribution in [2.75, 3.05) is 18.1 Å². The van der Waals surface area contributed by atoms with Crippen molar-refractivity contribution in [1.82, 2.24) is 9.97 Å². The van der Waals surface area contributed by atoms with Crippen LogP contribution in [-0.4, -0.2) is 29.1 Å². The van der Waals surface area contributed by atoms with Crippen molar-refractivity contribution in [3.63, 3.8) is 0 Å². The van der Waals surface area contributed by atoms with E-state index in [4.69, 9.17) is 32.9 Å². The lowest BCUT2D eigenvalue weighted by molar-refractivity contribution is -0.145. The van der Waals surface area contributed by atoms with E-state index in [9.17, 15) is 4.79 Å². The molecule has 2 aromatic carbocycles. The number of carbonyl (C=O) groups excluding carboxylic acids is 1. The minimum atomic E-state index is -0.582. The monoisotopic (exact) mass is 445 g/mol. The van der Waals surface area contributed by atoms with Gasteiger partial charge in [0.05, 0.1) is 22.5 Å². The van der Waals surface area contributed by atoms with Gasteiger partial charge in [-0.1, -0.05) is 34.5 Å². The average molecular weight is 446 g/mol. The number of ether oxygens (including phenoxy) is 1. The third-order valence-electron chi connectivity index (χ3n) is 5.18. The van der Waals surface area contributed by atoms with Crippen molar-refractivity contribution >= 4 is 66.8 Å². The van der Waals surface area contributed by atoms with Gasteiger partial charge in [0.2, 0.25) is 0 Å². The normalized spacial score (nSPS) is 16.4. The molecule has 1 aliphatic heterocycles. The fraction of sp³-hybridized carbons (Fsp3) is 0.238. The van der Waals surface area contributed by atoms with E-state index < -0.39 is 6.04 Å². The number of aromatic nitrogens is 2. The number of fused-ring (bicyclic) bond motifs is 4. The van der Waals surface area contributed by atoms with Gasteiger partial charge in [-0.25, -0.2) is 9.78 Å². The van der Waals surface area contributed by atoms with Gasteiger partial charge in [0.25, 0.3) is 0 Å². The molecule has 2 aromatic heterocycles. The fourth-order valence-electron chi connectivity index (χ4n) is 3.94. The van der Waals surface area contributed by atoms with E-state index in [0.717, 1.165) is 43.9 Å². The zero-order valence-corrected chi connectivity index (χ0v) is 17.9. The Kier molecular flexibility index (Phi) is 4.65. The largest absolute Gasteiger partial charge is 0.464 e. The van der Waals surface area contributed by atoms with Gasteiger partial charge in [-0.15, -0.1) is 0 Å². The van der Waals surface area contributed by atoms with E-state index in [1.807, 2.05) is 48.2 Å². The van der Waals surface area contributed by atoms with Crippen LogP contribution in [0.2, 0.25) is 10.0 Å². The van der Waals surface area contributed by atoms with Crippen molar-refractivity contribution in [3.05, 3.63) is 57.7 Å². The number of aromatic amines is 1. The number of carbonyl (C=O) groups is 1. The van der Waals surface area contributed by atoms with Gasteiger partial charge in [-0.05, 0) is 55.3 Å². The molecule has 0 saturated carbocycles. The molecule has 148 valence electrons. The van der Waals surface area contributed by atoms with Crippen LogP contribution in [0.1, 0.15) is 24.2 Å². The highest BCUT2D eigenvalue weighted by Gasteiger charge is 2.38. The number of esters is 1. The van der Waals surface area contributed by atoms with Crippen LogP contribution in [0.15, 0.2) is 36.4 Å². The molecule has 1 aliphatic rings. The molecule has 1 N–H and O–H groups in total. The molecule has 4 aromatic rings. The summed E-state index contributed by atoms with van der Waals surface area (Å²) in [6.45, 7) is 2.79. The SMILES string of the molecule is CCOC(=O)C1c2[nH]c3ccc(Cl)cc3c2CCN1c1nc2ccc(Cl)cc2s1. The van der Waals surface area contributed by atoms with E-state index in [-0.39, 0.29) is 5.97 Å². The van der Waals surface area contributed by atoms with Crippen LogP contribution in [0, 0.1) is 0 Å². The molecule has 0 aliphatic carbocycles. The standard InChI is InChI=1S/C21H17Cl2N3O2S/c1-2-28-20(27)19-18-13(14-9-11(22)3-5-15(14)24-18)7-8-26(19)21-25-16-6-4-12(23)10-17(16)29-21/h3-6,9-10,19,24H,2,7-8H2,1H3. The van der Waals surface area contributed by atoms with Gasteiger partial charge in [0.1, 0.15) is 0 Å². The Labute approximate surface area is 181 Å². The van der Waals surface area contributed by atoms with Gasteiger partial charge < -0.3 is 14.6 Å². The summed E-state index contributed by atoms with van der Waals surface area (Å²) in [7, 11) is 0. The number of H-pyrrole nitrogens is 1. The highest BCUT2D eigenvalue weighted by Crippen LogP contribution is 2.41. The Morgan fingerprint density at radius 3 is 2.90 bits per heavy atom. The predicted octanol–water partition coefficient (Wildman–Crippen LogP) is 5.75. The Bertz CT molecular complexity index is 1250. The first kappa shape index (κ1) is 18.7. The summed E-state index contributed by atoms with van der Waals surface area (Å²) < 4.78 is 6.42. The quantitative estimate of drug-likeness (QED) is 0.407. The summed E-state index contributed by atoms with van der Waals surface area (Å²) in [6, 6.07) is 10.8. The number of thiazole rings is 1. The molecule has 3 heterocycles. The number of rotatable bonds is 3. The molecule has 29 heavy (non-hydrogen) atoms. The van der Waals surface area contributed by atoms with E-state index in [2.05, 4.69) is 4.98 Å². The molecule has 1 atom stereocenters. The van der Waals surface area contributed by atoms with Gasteiger partial charge >= 0.3 is 5.97 Å². The van der Waals surface area contributed by atoms with Crippen molar-refractivity contribution in [1.29, 1.82) is 0 Å². The summed E-state index contributed by atoms with van der Waals surface area (Å²) in [5.74, 6) is -0.289. The van der Waals surface area contributed by atoms with Crippen molar-refractivity contribution in [2.45, 2.75) is 19.4 Å². The van der Waals surface area contributed by atoms with E-state index >= 15 is 0 Å². The molecule has 1 unspecified atom stereocenters. The maximum Gasteiger partial charge on any atom is 0.335 e. The van der Waals surface area contributed by atoms with Crippen LogP contribution in [-0.2, 0) is 16.0 Å². The predicted molar refractivity (Wildman–Crippen MR) is 118 cm³/mol. The number of benzene rings is 2. The summed E-state index contributed by atoms with van der Waals surface area (Å²) in [5, 5.41) is 3.18. The molecule has 0 amide bonds. The molecule has 8 heteroatoms. The molecule has 0 fully saturated rings.